The van der Waals surface area contributed by atoms with E-state index in [-0.39, 0.29) is 22.6 Å². The maximum atomic E-state index is 14.0. The van der Waals surface area contributed by atoms with Crippen LogP contribution in [0.1, 0.15) is 56.6 Å². The maximum absolute atomic E-state index is 14.0. The molecule has 5 rings (SSSR count). The van der Waals surface area contributed by atoms with Gasteiger partial charge in [0.1, 0.15) is 0 Å². The van der Waals surface area contributed by atoms with Crippen LogP contribution in [-0.4, -0.2) is 26.2 Å². The van der Waals surface area contributed by atoms with Gasteiger partial charge in [0.25, 0.3) is 5.56 Å². The van der Waals surface area contributed by atoms with E-state index in [1.54, 1.807) is 6.20 Å². The number of nitrogens with one attached hydrogen (secondary N) is 1. The molecule has 2 aromatic heterocycles. The fourth-order valence-electron chi connectivity index (χ4n) is 5.32. The molecule has 2 heterocycles. The zero-order valence-corrected chi connectivity index (χ0v) is 20.4. The zero-order valence-electron chi connectivity index (χ0n) is 18.8. The first-order valence-corrected chi connectivity index (χ1v) is 13.5. The Labute approximate surface area is 201 Å². The summed E-state index contributed by atoms with van der Waals surface area (Å²) in [5.74, 6) is 0.0375. The predicted molar refractivity (Wildman–Crippen MR) is 134 cm³/mol. The molecule has 0 radical (unpaired) electrons. The van der Waals surface area contributed by atoms with Crippen LogP contribution >= 0.6 is 23.1 Å². The Kier molecular flexibility index (Phi) is 6.38. The van der Waals surface area contributed by atoms with Gasteiger partial charge in [-0.2, -0.15) is 0 Å². The van der Waals surface area contributed by atoms with Crippen molar-refractivity contribution in [2.75, 3.05) is 11.1 Å². The Bertz CT molecular complexity index is 1210. The summed E-state index contributed by atoms with van der Waals surface area (Å²) in [5.41, 5.74) is 4.06. The summed E-state index contributed by atoms with van der Waals surface area (Å²) in [4.78, 5) is 35.7. The van der Waals surface area contributed by atoms with Gasteiger partial charge < -0.3 is 5.32 Å². The number of rotatable bonds is 6. The van der Waals surface area contributed by atoms with Crippen LogP contribution < -0.4 is 10.9 Å². The monoisotopic (exact) mass is 480 g/mol. The Morgan fingerprint density at radius 1 is 1.24 bits per heavy atom. The average molecular weight is 481 g/mol. The van der Waals surface area contributed by atoms with Crippen molar-refractivity contribution in [1.82, 2.24) is 14.5 Å². The first-order valence-electron chi connectivity index (χ1n) is 11.7. The van der Waals surface area contributed by atoms with Crippen LogP contribution in [0.2, 0.25) is 0 Å². The SMILES string of the molecule is CCCn1c(SCC(=O)Nc2nccs2)nc2c(c1=O)C1(CCCCC1)Cc1ccccc1-2. The molecule has 1 fully saturated rings. The topological polar surface area (TPSA) is 76.9 Å². The number of fused-ring (bicyclic) bond motifs is 4. The van der Waals surface area contributed by atoms with Gasteiger partial charge in [0.05, 0.1) is 17.0 Å². The van der Waals surface area contributed by atoms with Gasteiger partial charge in [-0.3, -0.25) is 14.2 Å². The molecule has 2 aliphatic rings. The van der Waals surface area contributed by atoms with E-state index in [0.717, 1.165) is 55.3 Å². The number of hydrogen-bond acceptors (Lipinski definition) is 6. The van der Waals surface area contributed by atoms with Gasteiger partial charge in [-0.1, -0.05) is 62.2 Å². The minimum atomic E-state index is -0.144. The second-order valence-corrected chi connectivity index (χ2v) is 10.8. The van der Waals surface area contributed by atoms with Crippen molar-refractivity contribution in [2.45, 2.75) is 69.0 Å². The van der Waals surface area contributed by atoms with Gasteiger partial charge in [0.15, 0.2) is 10.3 Å². The number of carbonyl (C=O) groups is 1. The Morgan fingerprint density at radius 3 is 2.82 bits per heavy atom. The minimum Gasteiger partial charge on any atom is -0.301 e. The van der Waals surface area contributed by atoms with Crippen molar-refractivity contribution in [3.63, 3.8) is 0 Å². The smallest absolute Gasteiger partial charge is 0.258 e. The number of amides is 1. The van der Waals surface area contributed by atoms with E-state index in [1.807, 2.05) is 16.0 Å². The number of carbonyl (C=O) groups excluding carboxylic acids is 1. The van der Waals surface area contributed by atoms with Gasteiger partial charge in [-0.25, -0.2) is 9.97 Å². The number of thioether (sulfide) groups is 1. The summed E-state index contributed by atoms with van der Waals surface area (Å²) in [6.45, 7) is 2.68. The molecule has 1 aromatic carbocycles. The molecule has 6 nitrogen and oxygen atoms in total. The summed E-state index contributed by atoms with van der Waals surface area (Å²) in [6, 6.07) is 8.37. The zero-order chi connectivity index (χ0) is 22.8. The number of thiazole rings is 1. The molecule has 1 saturated carbocycles. The fraction of sp³-hybridized carbons (Fsp3) is 0.440. The molecule has 172 valence electrons. The molecule has 0 bridgehead atoms. The van der Waals surface area contributed by atoms with Gasteiger partial charge in [-0.05, 0) is 31.2 Å². The second-order valence-electron chi connectivity index (χ2n) is 8.92. The van der Waals surface area contributed by atoms with Crippen molar-refractivity contribution in [3.05, 3.63) is 57.3 Å². The molecule has 0 atom stereocenters. The summed E-state index contributed by atoms with van der Waals surface area (Å²) >= 11 is 2.72. The van der Waals surface area contributed by atoms with Gasteiger partial charge in [0.2, 0.25) is 5.91 Å². The molecule has 0 aliphatic heterocycles. The standard InChI is InChI=1S/C25H28N4O2S2/c1-2-13-29-22(31)20-21(28-24(29)33-16-19(30)27-23-26-12-14-32-23)18-9-5-4-8-17(18)15-25(20)10-6-3-7-11-25/h4-5,8-9,12,14H,2-3,6-7,10-11,13,15-16H2,1H3,(H,26,27,30). The molecule has 2 aliphatic carbocycles. The Hall–Kier alpha value is -2.45. The number of aromatic nitrogens is 3. The molecule has 0 saturated heterocycles. The van der Waals surface area contributed by atoms with Gasteiger partial charge in [-0.15, -0.1) is 11.3 Å². The van der Waals surface area contributed by atoms with Crippen molar-refractivity contribution in [3.8, 4) is 11.3 Å². The fourth-order valence-corrected chi connectivity index (χ4v) is 6.69. The lowest BCUT2D eigenvalue weighted by atomic mass is 9.62. The highest BCUT2D eigenvalue weighted by molar-refractivity contribution is 7.99. The van der Waals surface area contributed by atoms with Crippen molar-refractivity contribution >= 4 is 34.1 Å². The largest absolute Gasteiger partial charge is 0.301 e. The summed E-state index contributed by atoms with van der Waals surface area (Å²) in [6.07, 6.45) is 9.04. The number of hydrogen-bond donors (Lipinski definition) is 1. The third-order valence-electron chi connectivity index (χ3n) is 6.73. The Balaban J connectivity index is 1.56. The van der Waals surface area contributed by atoms with E-state index in [9.17, 15) is 9.59 Å². The van der Waals surface area contributed by atoms with Crippen LogP contribution in [-0.2, 0) is 23.2 Å². The van der Waals surface area contributed by atoms with Crippen LogP contribution in [0.15, 0.2) is 45.8 Å². The van der Waals surface area contributed by atoms with Crippen LogP contribution in [0.4, 0.5) is 5.13 Å². The maximum Gasteiger partial charge on any atom is 0.258 e. The van der Waals surface area contributed by atoms with Crippen LogP contribution in [0.25, 0.3) is 11.3 Å². The highest BCUT2D eigenvalue weighted by atomic mass is 32.2. The highest BCUT2D eigenvalue weighted by Crippen LogP contribution is 2.48. The summed E-state index contributed by atoms with van der Waals surface area (Å²) in [5, 5.41) is 5.84. The minimum absolute atomic E-state index is 0.0843. The van der Waals surface area contributed by atoms with Gasteiger partial charge in [0, 0.05) is 29.1 Å². The molecule has 1 spiro atoms. The van der Waals surface area contributed by atoms with Crippen LogP contribution in [0.3, 0.4) is 0 Å². The lowest BCUT2D eigenvalue weighted by Crippen LogP contribution is -2.43. The molecule has 0 unspecified atom stereocenters. The lowest BCUT2D eigenvalue weighted by Gasteiger charge is -2.42. The Morgan fingerprint density at radius 2 is 2.06 bits per heavy atom. The lowest BCUT2D eigenvalue weighted by molar-refractivity contribution is -0.113. The van der Waals surface area contributed by atoms with Crippen molar-refractivity contribution < 1.29 is 4.79 Å². The third-order valence-corrected chi connectivity index (χ3v) is 8.40. The first kappa shape index (κ1) is 22.3. The molecule has 1 N–H and O–H groups in total. The molecule has 33 heavy (non-hydrogen) atoms. The number of benzene rings is 1. The second kappa shape index (κ2) is 9.43. The van der Waals surface area contributed by atoms with Crippen molar-refractivity contribution in [2.24, 2.45) is 0 Å². The molecule has 1 amide bonds. The quantitative estimate of drug-likeness (QED) is 0.384. The molecule has 8 heteroatoms. The van der Waals surface area contributed by atoms with Crippen LogP contribution in [0, 0.1) is 0 Å². The van der Waals surface area contributed by atoms with Crippen molar-refractivity contribution in [1.29, 1.82) is 0 Å². The van der Waals surface area contributed by atoms with E-state index in [4.69, 9.17) is 4.98 Å². The highest BCUT2D eigenvalue weighted by Gasteiger charge is 2.43. The third kappa shape index (κ3) is 4.26. The summed E-state index contributed by atoms with van der Waals surface area (Å²) in [7, 11) is 0. The molecular weight excluding hydrogens is 452 g/mol. The van der Waals surface area contributed by atoms with Crippen LogP contribution in [0.5, 0.6) is 0 Å². The average Bonchev–Trinajstić information content (AvgIpc) is 3.33. The molecular formula is C25H28N4O2S2. The summed E-state index contributed by atoms with van der Waals surface area (Å²) < 4.78 is 1.81. The number of nitrogens with zero attached hydrogens (tertiary/aromatic N) is 3. The first-order chi connectivity index (χ1) is 16.1. The van der Waals surface area contributed by atoms with E-state index < -0.39 is 0 Å². The van der Waals surface area contributed by atoms with E-state index in [1.165, 1.54) is 35.1 Å². The predicted octanol–water partition coefficient (Wildman–Crippen LogP) is 5.27. The normalized spacial score (nSPS) is 16.3. The van der Waals surface area contributed by atoms with E-state index in [0.29, 0.717) is 16.8 Å². The van der Waals surface area contributed by atoms with Gasteiger partial charge >= 0.3 is 0 Å². The van der Waals surface area contributed by atoms with E-state index >= 15 is 0 Å². The number of anilines is 1. The molecule has 3 aromatic rings. The van der Waals surface area contributed by atoms with E-state index in [2.05, 4.69) is 35.4 Å².